The highest BCUT2D eigenvalue weighted by Gasteiger charge is 2.15. The third-order valence-electron chi connectivity index (χ3n) is 3.29. The van der Waals surface area contributed by atoms with Crippen LogP contribution >= 0.6 is 0 Å². The lowest BCUT2D eigenvalue weighted by molar-refractivity contribution is -0.0232. The molecule has 0 aromatic carbocycles. The van der Waals surface area contributed by atoms with Crippen molar-refractivity contribution in [3.8, 4) is 12.3 Å². The van der Waals surface area contributed by atoms with Gasteiger partial charge in [-0.3, -0.25) is 0 Å². The van der Waals surface area contributed by atoms with Crippen LogP contribution < -0.4 is 5.32 Å². The third kappa shape index (κ3) is 6.07. The highest BCUT2D eigenvalue weighted by atomic mass is 16.5. The minimum atomic E-state index is -0.459. The Morgan fingerprint density at radius 3 is 2.71 bits per heavy atom. The summed E-state index contributed by atoms with van der Waals surface area (Å²) in [5.74, 6) is 2.65. The molecule has 0 heterocycles. The maximum atomic E-state index is 9.76. The predicted molar refractivity (Wildman–Crippen MR) is 69.7 cm³/mol. The first-order valence-corrected chi connectivity index (χ1v) is 6.75. The standard InChI is InChI=1S/C14H25NO2/c1-3-12(4-2)15-10-13(16)11-17-14-8-6-5-7-9-14/h1,12-16H,4-11H2,2H3. The van der Waals surface area contributed by atoms with Crippen LogP contribution in [-0.4, -0.2) is 36.5 Å². The van der Waals surface area contributed by atoms with Crippen LogP contribution in [0.25, 0.3) is 0 Å². The summed E-state index contributed by atoms with van der Waals surface area (Å²) in [6, 6.07) is 0.0549. The Morgan fingerprint density at radius 1 is 1.41 bits per heavy atom. The summed E-state index contributed by atoms with van der Waals surface area (Å²) in [5, 5.41) is 12.9. The van der Waals surface area contributed by atoms with Gasteiger partial charge in [-0.05, 0) is 19.3 Å². The van der Waals surface area contributed by atoms with E-state index in [9.17, 15) is 5.11 Å². The van der Waals surface area contributed by atoms with Crippen molar-refractivity contribution < 1.29 is 9.84 Å². The highest BCUT2D eigenvalue weighted by molar-refractivity contribution is 4.97. The summed E-state index contributed by atoms with van der Waals surface area (Å²) in [7, 11) is 0. The zero-order valence-electron chi connectivity index (χ0n) is 10.8. The number of hydrogen-bond donors (Lipinski definition) is 2. The van der Waals surface area contributed by atoms with Crippen molar-refractivity contribution in [3.05, 3.63) is 0 Å². The lowest BCUT2D eigenvalue weighted by Crippen LogP contribution is -2.37. The molecule has 1 saturated carbocycles. The predicted octanol–water partition coefficient (Wildman–Crippen LogP) is 1.70. The molecule has 0 aromatic heterocycles. The van der Waals surface area contributed by atoms with E-state index >= 15 is 0 Å². The zero-order chi connectivity index (χ0) is 12.5. The first-order chi connectivity index (χ1) is 8.26. The van der Waals surface area contributed by atoms with Crippen LogP contribution in [-0.2, 0) is 4.74 Å². The normalized spacial score (nSPS) is 20.8. The molecule has 0 saturated heterocycles. The first-order valence-electron chi connectivity index (χ1n) is 6.75. The monoisotopic (exact) mass is 239 g/mol. The number of hydrogen-bond acceptors (Lipinski definition) is 3. The number of nitrogens with one attached hydrogen (secondary N) is 1. The van der Waals surface area contributed by atoms with Crippen molar-refractivity contribution in [1.82, 2.24) is 5.32 Å². The molecule has 1 fully saturated rings. The Morgan fingerprint density at radius 2 is 2.12 bits per heavy atom. The van der Waals surface area contributed by atoms with Gasteiger partial charge in [0.1, 0.15) is 0 Å². The minimum absolute atomic E-state index is 0.0549. The molecule has 3 heteroatoms. The van der Waals surface area contributed by atoms with Gasteiger partial charge in [-0.1, -0.05) is 32.1 Å². The van der Waals surface area contributed by atoms with Crippen LogP contribution in [0.4, 0.5) is 0 Å². The zero-order valence-corrected chi connectivity index (χ0v) is 10.8. The van der Waals surface area contributed by atoms with Gasteiger partial charge < -0.3 is 15.2 Å². The fourth-order valence-electron chi connectivity index (χ4n) is 2.14. The molecule has 0 spiro atoms. The van der Waals surface area contributed by atoms with Crippen molar-refractivity contribution in [3.63, 3.8) is 0 Å². The molecule has 17 heavy (non-hydrogen) atoms. The summed E-state index contributed by atoms with van der Waals surface area (Å²) in [6.45, 7) is 2.95. The Hall–Kier alpha value is -0.560. The Labute approximate surface area is 105 Å². The molecule has 98 valence electrons. The van der Waals surface area contributed by atoms with Crippen LogP contribution in [0.15, 0.2) is 0 Å². The Bertz CT molecular complexity index is 231. The van der Waals surface area contributed by atoms with E-state index in [-0.39, 0.29) is 6.04 Å². The third-order valence-corrected chi connectivity index (χ3v) is 3.29. The molecule has 2 N–H and O–H groups in total. The number of aliphatic hydroxyl groups is 1. The Kier molecular flexibility index (Phi) is 7.27. The van der Waals surface area contributed by atoms with E-state index in [1.165, 1.54) is 19.3 Å². The van der Waals surface area contributed by atoms with Gasteiger partial charge in [0.25, 0.3) is 0 Å². The van der Waals surface area contributed by atoms with Crippen LogP contribution in [0.1, 0.15) is 45.4 Å². The molecule has 1 rings (SSSR count). The molecule has 0 bridgehead atoms. The molecule has 0 aliphatic heterocycles. The van der Waals surface area contributed by atoms with Gasteiger partial charge in [0, 0.05) is 6.54 Å². The number of aliphatic hydroxyl groups excluding tert-OH is 1. The van der Waals surface area contributed by atoms with Crippen LogP contribution in [0.3, 0.4) is 0 Å². The molecule has 1 aliphatic rings. The molecule has 0 radical (unpaired) electrons. The largest absolute Gasteiger partial charge is 0.389 e. The van der Waals surface area contributed by atoms with Gasteiger partial charge in [-0.25, -0.2) is 0 Å². The topological polar surface area (TPSA) is 41.5 Å². The van der Waals surface area contributed by atoms with E-state index in [0.717, 1.165) is 19.3 Å². The van der Waals surface area contributed by atoms with Crippen LogP contribution in [0, 0.1) is 12.3 Å². The lowest BCUT2D eigenvalue weighted by atomic mass is 9.98. The molecule has 0 amide bonds. The van der Waals surface area contributed by atoms with Crippen molar-refractivity contribution in [2.45, 2.75) is 63.7 Å². The summed E-state index contributed by atoms with van der Waals surface area (Å²) in [5.41, 5.74) is 0. The number of terminal acetylenes is 1. The van der Waals surface area contributed by atoms with Crippen LogP contribution in [0.5, 0.6) is 0 Å². The summed E-state index contributed by atoms with van der Waals surface area (Å²) < 4.78 is 5.70. The molecule has 2 atom stereocenters. The van der Waals surface area contributed by atoms with Crippen LogP contribution in [0.2, 0.25) is 0 Å². The second kappa shape index (κ2) is 8.52. The van der Waals surface area contributed by atoms with Gasteiger partial charge in [0.2, 0.25) is 0 Å². The second-order valence-corrected chi connectivity index (χ2v) is 4.78. The second-order valence-electron chi connectivity index (χ2n) is 4.78. The molecule has 0 aromatic rings. The molecule has 3 nitrogen and oxygen atoms in total. The average molecular weight is 239 g/mol. The highest BCUT2D eigenvalue weighted by Crippen LogP contribution is 2.20. The maximum absolute atomic E-state index is 9.76. The fourth-order valence-corrected chi connectivity index (χ4v) is 2.14. The molecular formula is C14H25NO2. The maximum Gasteiger partial charge on any atom is 0.0898 e. The van der Waals surface area contributed by atoms with Crippen molar-refractivity contribution in [1.29, 1.82) is 0 Å². The van der Waals surface area contributed by atoms with E-state index in [1.54, 1.807) is 0 Å². The van der Waals surface area contributed by atoms with E-state index in [4.69, 9.17) is 11.2 Å². The van der Waals surface area contributed by atoms with E-state index in [2.05, 4.69) is 11.2 Å². The molecular weight excluding hydrogens is 214 g/mol. The van der Waals surface area contributed by atoms with Gasteiger partial charge in [-0.15, -0.1) is 6.42 Å². The summed E-state index contributed by atoms with van der Waals surface area (Å²) in [4.78, 5) is 0. The van der Waals surface area contributed by atoms with E-state index in [1.807, 2.05) is 6.92 Å². The van der Waals surface area contributed by atoms with Gasteiger partial charge >= 0.3 is 0 Å². The molecule has 2 unspecified atom stereocenters. The fraction of sp³-hybridized carbons (Fsp3) is 0.857. The quantitative estimate of drug-likeness (QED) is 0.664. The lowest BCUT2D eigenvalue weighted by Gasteiger charge is -2.24. The smallest absolute Gasteiger partial charge is 0.0898 e. The first kappa shape index (κ1) is 14.5. The van der Waals surface area contributed by atoms with Crippen molar-refractivity contribution in [2.24, 2.45) is 0 Å². The summed E-state index contributed by atoms with van der Waals surface area (Å²) >= 11 is 0. The van der Waals surface area contributed by atoms with Gasteiger partial charge in [-0.2, -0.15) is 0 Å². The minimum Gasteiger partial charge on any atom is -0.389 e. The molecule has 1 aliphatic carbocycles. The number of rotatable bonds is 7. The SMILES string of the molecule is C#CC(CC)NCC(O)COC1CCCCC1. The Balaban J connectivity index is 2.08. The van der Waals surface area contributed by atoms with Gasteiger partial charge in [0.15, 0.2) is 0 Å². The van der Waals surface area contributed by atoms with Crippen molar-refractivity contribution >= 4 is 0 Å². The average Bonchev–Trinajstić information content (AvgIpc) is 2.39. The van der Waals surface area contributed by atoms with Crippen molar-refractivity contribution in [2.75, 3.05) is 13.2 Å². The van der Waals surface area contributed by atoms with E-state index in [0.29, 0.717) is 19.3 Å². The van der Waals surface area contributed by atoms with Gasteiger partial charge in [0.05, 0.1) is 24.9 Å². The van der Waals surface area contributed by atoms with E-state index < -0.39 is 6.10 Å². The number of ether oxygens (including phenoxy) is 1. The summed E-state index contributed by atoms with van der Waals surface area (Å²) in [6.07, 6.45) is 12.2.